The minimum atomic E-state index is -1.03. The molecule has 0 amide bonds. The molecule has 1 heterocycles. The maximum atomic E-state index is 11.1. The number of nitrogens with zero attached hydrogens (tertiary/aromatic N) is 3. The van der Waals surface area contributed by atoms with Crippen LogP contribution in [0.1, 0.15) is 10.4 Å². The second-order valence-electron chi connectivity index (χ2n) is 6.06. The predicted molar refractivity (Wildman–Crippen MR) is 103 cm³/mol. The van der Waals surface area contributed by atoms with Gasteiger partial charge < -0.3 is 15.3 Å². The van der Waals surface area contributed by atoms with E-state index < -0.39 is 5.97 Å². The second kappa shape index (κ2) is 6.88. The van der Waals surface area contributed by atoms with Crippen LogP contribution in [0.2, 0.25) is 0 Å². The molecule has 4 aromatic rings. The van der Waals surface area contributed by atoms with Gasteiger partial charge in [0.15, 0.2) is 11.6 Å². The number of para-hydroxylation sites is 2. The number of carbonyl (C=O) groups is 1. The zero-order valence-corrected chi connectivity index (χ0v) is 14.5. The van der Waals surface area contributed by atoms with E-state index in [0.29, 0.717) is 22.6 Å². The summed E-state index contributed by atoms with van der Waals surface area (Å²) in [7, 11) is 0. The van der Waals surface area contributed by atoms with Crippen LogP contribution in [-0.4, -0.2) is 36.1 Å². The molecule has 0 aliphatic heterocycles. The molecule has 7 nitrogen and oxygen atoms in total. The quantitative estimate of drug-likeness (QED) is 0.499. The highest BCUT2D eigenvalue weighted by Gasteiger charge is 2.19. The largest absolute Gasteiger partial charge is 0.507 e. The van der Waals surface area contributed by atoms with Crippen LogP contribution in [-0.2, 0) is 0 Å². The fourth-order valence-electron chi connectivity index (χ4n) is 2.85. The van der Waals surface area contributed by atoms with Crippen LogP contribution in [0.25, 0.3) is 28.5 Å². The highest BCUT2D eigenvalue weighted by atomic mass is 16.4. The first-order chi connectivity index (χ1) is 13.5. The molecule has 0 bridgehead atoms. The summed E-state index contributed by atoms with van der Waals surface area (Å²) in [6.45, 7) is 0. The summed E-state index contributed by atoms with van der Waals surface area (Å²) >= 11 is 0. The Balaban J connectivity index is 1.92. The third-order valence-corrected chi connectivity index (χ3v) is 4.26. The summed E-state index contributed by atoms with van der Waals surface area (Å²) < 4.78 is 1.50. The number of aromatic nitrogens is 3. The normalized spacial score (nSPS) is 10.7. The van der Waals surface area contributed by atoms with Crippen LogP contribution >= 0.6 is 0 Å². The van der Waals surface area contributed by atoms with E-state index in [9.17, 15) is 15.0 Å². The minimum absolute atomic E-state index is 0.0298. The summed E-state index contributed by atoms with van der Waals surface area (Å²) in [4.78, 5) is 15.6. The van der Waals surface area contributed by atoms with Crippen molar-refractivity contribution in [2.45, 2.75) is 0 Å². The molecule has 0 spiro atoms. The average molecular weight is 379 g/mol. The van der Waals surface area contributed by atoms with Crippen molar-refractivity contribution in [2.24, 2.45) is 0 Å². The summed E-state index contributed by atoms with van der Waals surface area (Å²) in [5.41, 5.74) is 1.62. The standard InChI is InChI=1S/C21H15N3O4/c25-17-7-3-1-5-15(17)19-22-20(16-6-2-4-8-18(16)26)24(23-19)14-11-9-13(10-12-14)21(27)28/h1-12,25-26H,(H,27,28)/i9+1,10+1,11+1,12+1,13+1,14+1. The van der Waals surface area contributed by atoms with Crippen LogP contribution < -0.4 is 0 Å². The Morgan fingerprint density at radius 3 is 1.93 bits per heavy atom. The number of phenolic OH excluding ortho intramolecular Hbond substituents is 2. The Morgan fingerprint density at radius 1 is 0.786 bits per heavy atom. The molecule has 7 heteroatoms. The molecule has 0 saturated heterocycles. The summed E-state index contributed by atoms with van der Waals surface area (Å²) in [5, 5.41) is 34.0. The molecule has 28 heavy (non-hydrogen) atoms. The summed E-state index contributed by atoms with van der Waals surface area (Å²) in [5.74, 6) is -0.328. The lowest BCUT2D eigenvalue weighted by molar-refractivity contribution is 0.0697. The van der Waals surface area contributed by atoms with E-state index in [1.54, 1.807) is 54.6 Å². The lowest BCUT2D eigenvalue weighted by Crippen LogP contribution is -2.02. The highest BCUT2D eigenvalue weighted by Crippen LogP contribution is 2.33. The number of carboxylic acid groups (broad SMARTS) is 1. The first-order valence-corrected chi connectivity index (χ1v) is 8.42. The van der Waals surface area contributed by atoms with Gasteiger partial charge >= 0.3 is 5.97 Å². The van der Waals surface area contributed by atoms with Crippen molar-refractivity contribution in [3.63, 3.8) is 0 Å². The van der Waals surface area contributed by atoms with Gasteiger partial charge in [0.1, 0.15) is 11.5 Å². The molecule has 4 rings (SSSR count). The van der Waals surface area contributed by atoms with E-state index >= 15 is 0 Å². The fourth-order valence-corrected chi connectivity index (χ4v) is 2.85. The van der Waals surface area contributed by atoms with E-state index in [1.807, 2.05) is 0 Å². The molecule has 3 aromatic carbocycles. The zero-order chi connectivity index (χ0) is 19.7. The van der Waals surface area contributed by atoms with Crippen LogP contribution in [0.4, 0.5) is 0 Å². The number of phenols is 2. The van der Waals surface area contributed by atoms with Crippen molar-refractivity contribution < 1.29 is 20.1 Å². The monoisotopic (exact) mass is 379 g/mol. The number of hydrogen-bond acceptors (Lipinski definition) is 5. The highest BCUT2D eigenvalue weighted by molar-refractivity contribution is 5.87. The van der Waals surface area contributed by atoms with Gasteiger partial charge in [-0.3, -0.25) is 0 Å². The maximum absolute atomic E-state index is 11.1. The van der Waals surface area contributed by atoms with Crippen LogP contribution in [0, 0.1) is 0 Å². The number of aromatic carboxylic acids is 1. The number of hydrogen-bond donors (Lipinski definition) is 3. The van der Waals surface area contributed by atoms with Gasteiger partial charge in [-0.25, -0.2) is 14.5 Å². The molecule has 0 fully saturated rings. The molecule has 0 atom stereocenters. The van der Waals surface area contributed by atoms with Gasteiger partial charge in [0, 0.05) is 0 Å². The molecule has 0 radical (unpaired) electrons. The van der Waals surface area contributed by atoms with Crippen molar-refractivity contribution in [3.05, 3.63) is 78.4 Å². The SMILES string of the molecule is O=C(O)[13c]1[13cH][13cH][13c](-n2nc(-c3ccccc3O)nc2-c2ccccc2O)[13cH][13cH]1. The molecule has 0 unspecified atom stereocenters. The Hall–Kier alpha value is -4.13. The Morgan fingerprint density at radius 2 is 1.36 bits per heavy atom. The van der Waals surface area contributed by atoms with Crippen molar-refractivity contribution >= 4 is 5.97 Å². The Kier molecular flexibility index (Phi) is 4.25. The van der Waals surface area contributed by atoms with Gasteiger partial charge in [-0.05, 0) is 48.5 Å². The molecule has 0 saturated carbocycles. The fraction of sp³-hybridized carbons (Fsp3) is 0. The Labute approximate surface area is 159 Å². The predicted octanol–water partition coefficient (Wildman–Crippen LogP) is 3.71. The number of aromatic hydroxyl groups is 2. The van der Waals surface area contributed by atoms with Crippen molar-refractivity contribution in [1.82, 2.24) is 14.8 Å². The first-order valence-electron chi connectivity index (χ1n) is 8.42. The van der Waals surface area contributed by atoms with Crippen molar-refractivity contribution in [3.8, 4) is 40.0 Å². The van der Waals surface area contributed by atoms with E-state index in [4.69, 9.17) is 5.11 Å². The van der Waals surface area contributed by atoms with Crippen molar-refractivity contribution in [1.29, 1.82) is 0 Å². The smallest absolute Gasteiger partial charge is 0.335 e. The van der Waals surface area contributed by atoms with Gasteiger partial charge in [-0.15, -0.1) is 5.10 Å². The number of rotatable bonds is 4. The number of benzene rings is 3. The number of carboxylic acids is 1. The van der Waals surface area contributed by atoms with Gasteiger partial charge in [0.25, 0.3) is 0 Å². The van der Waals surface area contributed by atoms with Crippen LogP contribution in [0.3, 0.4) is 0 Å². The zero-order valence-electron chi connectivity index (χ0n) is 14.5. The molecule has 1 aromatic heterocycles. The molecule has 138 valence electrons. The van der Waals surface area contributed by atoms with Gasteiger partial charge in [-0.1, -0.05) is 24.3 Å². The summed E-state index contributed by atoms with van der Waals surface area (Å²) in [6.07, 6.45) is 0. The summed E-state index contributed by atoms with van der Waals surface area (Å²) in [6, 6.07) is 19.5. The molecule has 3 N–H and O–H groups in total. The molecule has 0 aliphatic carbocycles. The lowest BCUT2D eigenvalue weighted by Gasteiger charge is -2.07. The Bertz CT molecular complexity index is 1170. The minimum Gasteiger partial charge on any atom is -0.507 e. The van der Waals surface area contributed by atoms with Gasteiger partial charge in [0.2, 0.25) is 0 Å². The van der Waals surface area contributed by atoms with E-state index in [1.165, 1.54) is 22.9 Å². The second-order valence-corrected chi connectivity index (χ2v) is 6.06. The molecular weight excluding hydrogens is 364 g/mol. The first kappa shape index (κ1) is 17.3. The lowest BCUT2D eigenvalue weighted by atomic mass is 10.2. The van der Waals surface area contributed by atoms with Crippen LogP contribution in [0.5, 0.6) is 11.5 Å². The molecular formula is C21H15N3O4. The molecule has 0 aliphatic rings. The van der Waals surface area contributed by atoms with E-state index in [-0.39, 0.29) is 22.9 Å². The van der Waals surface area contributed by atoms with Crippen LogP contribution in [0.15, 0.2) is 72.8 Å². The van der Waals surface area contributed by atoms with Crippen molar-refractivity contribution in [2.75, 3.05) is 0 Å². The van der Waals surface area contributed by atoms with Gasteiger partial charge in [0.05, 0.1) is 22.4 Å². The third-order valence-electron chi connectivity index (χ3n) is 4.26. The topological polar surface area (TPSA) is 108 Å². The third kappa shape index (κ3) is 3.05. The van der Waals surface area contributed by atoms with Gasteiger partial charge in [-0.2, -0.15) is 0 Å². The average Bonchev–Trinajstić information content (AvgIpc) is 3.13. The van der Waals surface area contributed by atoms with E-state index in [2.05, 4.69) is 10.1 Å². The van der Waals surface area contributed by atoms with E-state index in [0.717, 1.165) is 0 Å². The maximum Gasteiger partial charge on any atom is 0.335 e.